The Kier molecular flexibility index (Phi) is 8.50. The molecule has 1 N–H and O–H groups in total. The Morgan fingerprint density at radius 1 is 0.886 bits per heavy atom. The van der Waals surface area contributed by atoms with Gasteiger partial charge < -0.3 is 15.1 Å². The van der Waals surface area contributed by atoms with Crippen molar-refractivity contribution >= 4 is 11.6 Å². The Morgan fingerprint density at radius 2 is 1.57 bits per heavy atom. The topological polar surface area (TPSA) is 62.1 Å². The van der Waals surface area contributed by atoms with E-state index in [0.29, 0.717) is 49.3 Å². The summed E-state index contributed by atoms with van der Waals surface area (Å²) in [5.41, 5.74) is -3.41. The van der Waals surface area contributed by atoms with Crippen LogP contribution in [0.15, 0.2) is 30.3 Å². The smallest absolute Gasteiger partial charge is 0.370 e. The van der Waals surface area contributed by atoms with Gasteiger partial charge in [0.15, 0.2) is 0 Å². The number of hydrogen-bond donors (Lipinski definition) is 1. The summed E-state index contributed by atoms with van der Waals surface area (Å²) >= 11 is 0. The minimum Gasteiger partial charge on any atom is -0.370 e. The van der Waals surface area contributed by atoms with Gasteiger partial charge in [0.1, 0.15) is 0 Å². The predicted octanol–water partition coefficient (Wildman–Crippen LogP) is 6.68. The maximum absolute atomic E-state index is 14.1. The van der Waals surface area contributed by atoms with E-state index in [1.165, 1.54) is 24.9 Å². The average molecular weight is 636 g/mol. The first kappa shape index (κ1) is 31.9. The standard InChI is InChI=1S/C28H30F9N7/c1-16-9-21-23(6-4-8-43(15-20-5-3-7-38-20)24(21)13-22(16)28(35,36)37)44(25-39-41-42(2)40-25)14-17-10-18(26(29,30)31)12-19(11-17)27(32,33)34/h9-13,20,23,38H,3-8,14-15H2,1-2H3/t20-,23+/m1/s1. The van der Waals surface area contributed by atoms with Crippen LogP contribution >= 0.6 is 0 Å². The largest absolute Gasteiger partial charge is 0.416 e. The zero-order chi connectivity index (χ0) is 32.0. The van der Waals surface area contributed by atoms with Crippen LogP contribution < -0.4 is 15.1 Å². The van der Waals surface area contributed by atoms with Crippen molar-refractivity contribution in [2.24, 2.45) is 7.05 Å². The van der Waals surface area contributed by atoms with Crippen LogP contribution in [-0.4, -0.2) is 45.9 Å². The van der Waals surface area contributed by atoms with Gasteiger partial charge in [-0.05, 0) is 85.3 Å². The monoisotopic (exact) mass is 635 g/mol. The van der Waals surface area contributed by atoms with Crippen molar-refractivity contribution in [2.75, 3.05) is 29.4 Å². The van der Waals surface area contributed by atoms with Crippen LogP contribution in [0.1, 0.15) is 65.1 Å². The summed E-state index contributed by atoms with van der Waals surface area (Å²) in [5.74, 6) is -0.0853. The van der Waals surface area contributed by atoms with Crippen LogP contribution in [0.5, 0.6) is 0 Å². The number of alkyl halides is 9. The molecule has 1 aromatic heterocycles. The van der Waals surface area contributed by atoms with E-state index < -0.39 is 47.8 Å². The third kappa shape index (κ3) is 6.89. The highest BCUT2D eigenvalue weighted by molar-refractivity contribution is 5.62. The fourth-order valence-corrected chi connectivity index (χ4v) is 6.03. The molecule has 7 nitrogen and oxygen atoms in total. The lowest BCUT2D eigenvalue weighted by Crippen LogP contribution is -2.38. The molecule has 2 aliphatic heterocycles. The van der Waals surface area contributed by atoms with Crippen molar-refractivity contribution in [1.82, 2.24) is 25.5 Å². The molecule has 5 rings (SSSR count). The third-order valence-corrected chi connectivity index (χ3v) is 8.02. The van der Waals surface area contributed by atoms with Gasteiger partial charge in [-0.25, -0.2) is 0 Å². The molecule has 0 radical (unpaired) electrons. The second-order valence-corrected chi connectivity index (χ2v) is 11.2. The van der Waals surface area contributed by atoms with Crippen LogP contribution in [0.2, 0.25) is 0 Å². The lowest BCUT2D eigenvalue weighted by Gasteiger charge is -2.34. The van der Waals surface area contributed by atoms with Crippen molar-refractivity contribution in [2.45, 2.75) is 69.8 Å². The normalized spacial score (nSPS) is 19.7. The molecular formula is C28H30F9N7. The molecule has 1 fully saturated rings. The SMILES string of the molecule is Cc1cc2c(cc1C(F)(F)F)N(C[C@H]1CCCN1)CCC[C@@H]2N(Cc1cc(C(F)(F)F)cc(C(F)(F)F)c1)c1nnn(C)n1. The first-order valence-corrected chi connectivity index (χ1v) is 14.0. The molecule has 2 aromatic carbocycles. The summed E-state index contributed by atoms with van der Waals surface area (Å²) in [7, 11) is 1.44. The van der Waals surface area contributed by atoms with E-state index in [1.54, 1.807) is 0 Å². The highest BCUT2D eigenvalue weighted by Gasteiger charge is 2.39. The van der Waals surface area contributed by atoms with Gasteiger partial charge in [0.25, 0.3) is 5.95 Å². The van der Waals surface area contributed by atoms with E-state index in [4.69, 9.17) is 0 Å². The molecule has 44 heavy (non-hydrogen) atoms. The Labute approximate surface area is 247 Å². The van der Waals surface area contributed by atoms with Crippen molar-refractivity contribution in [3.8, 4) is 0 Å². The van der Waals surface area contributed by atoms with Crippen molar-refractivity contribution in [3.05, 3.63) is 63.7 Å². The Bertz CT molecular complexity index is 1440. The van der Waals surface area contributed by atoms with E-state index in [-0.39, 0.29) is 29.2 Å². The lowest BCUT2D eigenvalue weighted by atomic mass is 9.94. The molecule has 1 saturated heterocycles. The summed E-state index contributed by atoms with van der Waals surface area (Å²) < 4.78 is 124. The summed E-state index contributed by atoms with van der Waals surface area (Å²) in [4.78, 5) is 4.39. The third-order valence-electron chi connectivity index (χ3n) is 8.02. The fraction of sp³-hybridized carbons (Fsp3) is 0.536. The van der Waals surface area contributed by atoms with E-state index >= 15 is 0 Å². The van der Waals surface area contributed by atoms with Gasteiger partial charge in [0, 0.05) is 31.4 Å². The zero-order valence-electron chi connectivity index (χ0n) is 23.8. The molecule has 0 spiro atoms. The average Bonchev–Trinajstić information content (AvgIpc) is 3.55. The van der Waals surface area contributed by atoms with E-state index in [1.807, 2.05) is 4.90 Å². The number of hydrogen-bond acceptors (Lipinski definition) is 6. The Balaban J connectivity index is 1.64. The number of nitrogens with one attached hydrogen (secondary N) is 1. The number of halogens is 9. The second kappa shape index (κ2) is 11.7. The number of benzene rings is 2. The number of aromatic nitrogens is 4. The molecule has 0 amide bonds. The molecule has 240 valence electrons. The van der Waals surface area contributed by atoms with E-state index in [2.05, 4.69) is 20.7 Å². The predicted molar refractivity (Wildman–Crippen MR) is 143 cm³/mol. The molecule has 16 heteroatoms. The maximum atomic E-state index is 14.1. The minimum absolute atomic E-state index is 0.0479. The quantitative estimate of drug-likeness (QED) is 0.305. The number of rotatable bonds is 6. The maximum Gasteiger partial charge on any atom is 0.416 e. The Hall–Kier alpha value is -3.56. The molecule has 0 aliphatic carbocycles. The van der Waals surface area contributed by atoms with Gasteiger partial charge in [-0.2, -0.15) is 44.3 Å². The van der Waals surface area contributed by atoms with Gasteiger partial charge in [-0.3, -0.25) is 0 Å². The minimum atomic E-state index is -5.06. The molecule has 2 aliphatic rings. The van der Waals surface area contributed by atoms with Gasteiger partial charge in [0.05, 0.1) is 29.8 Å². The highest BCUT2D eigenvalue weighted by atomic mass is 19.4. The first-order chi connectivity index (χ1) is 20.5. The van der Waals surface area contributed by atoms with Crippen LogP contribution in [0.3, 0.4) is 0 Å². The van der Waals surface area contributed by atoms with Crippen molar-refractivity contribution in [1.29, 1.82) is 0 Å². The summed E-state index contributed by atoms with van der Waals surface area (Å²) in [6, 6.07) is 3.07. The van der Waals surface area contributed by atoms with Gasteiger partial charge >= 0.3 is 18.5 Å². The van der Waals surface area contributed by atoms with Crippen molar-refractivity contribution < 1.29 is 39.5 Å². The fourth-order valence-electron chi connectivity index (χ4n) is 6.03. The molecule has 0 bridgehead atoms. The summed E-state index contributed by atoms with van der Waals surface area (Å²) in [6.07, 6.45) is -12.2. The van der Waals surface area contributed by atoms with Crippen LogP contribution in [0, 0.1) is 6.92 Å². The van der Waals surface area contributed by atoms with Crippen LogP contribution in [0.25, 0.3) is 0 Å². The molecule has 2 atom stereocenters. The van der Waals surface area contributed by atoms with Crippen LogP contribution in [0.4, 0.5) is 51.1 Å². The number of tetrazole rings is 1. The number of fused-ring (bicyclic) bond motifs is 1. The van der Waals surface area contributed by atoms with Crippen molar-refractivity contribution in [3.63, 3.8) is 0 Å². The highest BCUT2D eigenvalue weighted by Crippen LogP contribution is 2.44. The van der Waals surface area contributed by atoms with Gasteiger partial charge in [-0.15, -0.1) is 5.10 Å². The number of anilines is 2. The summed E-state index contributed by atoms with van der Waals surface area (Å²) in [6.45, 7) is 2.45. The van der Waals surface area contributed by atoms with E-state index in [0.717, 1.165) is 30.2 Å². The summed E-state index contributed by atoms with van der Waals surface area (Å²) in [5, 5.41) is 15.3. The molecule has 3 aromatic rings. The second-order valence-electron chi connectivity index (χ2n) is 11.2. The number of aryl methyl sites for hydroxylation is 2. The zero-order valence-corrected chi connectivity index (χ0v) is 23.8. The molecule has 0 unspecified atom stereocenters. The lowest BCUT2D eigenvalue weighted by molar-refractivity contribution is -0.143. The van der Waals surface area contributed by atoms with Crippen LogP contribution in [-0.2, 0) is 32.1 Å². The van der Waals surface area contributed by atoms with Gasteiger partial charge in [0.2, 0.25) is 0 Å². The molecule has 3 heterocycles. The first-order valence-electron chi connectivity index (χ1n) is 14.0. The number of nitrogens with zero attached hydrogens (tertiary/aromatic N) is 6. The molecule has 0 saturated carbocycles. The Morgan fingerprint density at radius 3 is 2.11 bits per heavy atom. The van der Waals surface area contributed by atoms with E-state index in [9.17, 15) is 39.5 Å². The molecular weight excluding hydrogens is 605 g/mol. The van der Waals surface area contributed by atoms with Gasteiger partial charge in [-0.1, -0.05) is 11.2 Å².